The first kappa shape index (κ1) is 13.7. The maximum atomic E-state index is 11.0. The Morgan fingerprint density at radius 2 is 2.00 bits per heavy atom. The third kappa shape index (κ3) is 3.90. The Labute approximate surface area is 112 Å². The van der Waals surface area contributed by atoms with Crippen LogP contribution in [-0.2, 0) is 15.8 Å². The summed E-state index contributed by atoms with van der Waals surface area (Å²) in [6.45, 7) is 2.24. The van der Waals surface area contributed by atoms with Gasteiger partial charge in [-0.3, -0.25) is 0 Å². The molecule has 2 unspecified atom stereocenters. The molecular formula is C12H18N2O2S2. The quantitative estimate of drug-likeness (QED) is 0.882. The molecule has 2 rings (SSSR count). The van der Waals surface area contributed by atoms with E-state index in [-0.39, 0.29) is 5.75 Å². The van der Waals surface area contributed by atoms with Gasteiger partial charge in [0.1, 0.15) is 0 Å². The van der Waals surface area contributed by atoms with Gasteiger partial charge < -0.3 is 5.32 Å². The van der Waals surface area contributed by atoms with Crippen molar-refractivity contribution in [3.63, 3.8) is 0 Å². The van der Waals surface area contributed by atoms with E-state index in [4.69, 9.17) is 5.14 Å². The zero-order valence-corrected chi connectivity index (χ0v) is 11.9. The molecule has 1 aliphatic rings. The first-order chi connectivity index (χ1) is 8.44. The van der Waals surface area contributed by atoms with Gasteiger partial charge in [-0.15, -0.1) is 0 Å². The number of hydrogen-bond acceptors (Lipinski definition) is 4. The van der Waals surface area contributed by atoms with Crippen molar-refractivity contribution in [3.05, 3.63) is 29.8 Å². The highest BCUT2D eigenvalue weighted by atomic mass is 32.2. The third-order valence-corrected chi connectivity index (χ3v) is 5.13. The first-order valence-electron chi connectivity index (χ1n) is 5.88. The van der Waals surface area contributed by atoms with Crippen LogP contribution in [0.1, 0.15) is 12.5 Å². The minimum atomic E-state index is -3.44. The number of anilines is 1. The van der Waals surface area contributed by atoms with E-state index >= 15 is 0 Å². The Kier molecular flexibility index (Phi) is 4.19. The van der Waals surface area contributed by atoms with Crippen molar-refractivity contribution in [1.82, 2.24) is 0 Å². The zero-order valence-electron chi connectivity index (χ0n) is 10.3. The molecule has 3 N–H and O–H groups in total. The summed E-state index contributed by atoms with van der Waals surface area (Å²) in [7, 11) is -3.44. The summed E-state index contributed by atoms with van der Waals surface area (Å²) in [6.07, 6.45) is 0. The van der Waals surface area contributed by atoms with E-state index in [1.165, 1.54) is 5.75 Å². The van der Waals surface area contributed by atoms with Crippen LogP contribution in [0, 0.1) is 5.92 Å². The van der Waals surface area contributed by atoms with Crippen LogP contribution in [-0.4, -0.2) is 26.0 Å². The summed E-state index contributed by atoms with van der Waals surface area (Å²) in [5, 5.41) is 8.49. The van der Waals surface area contributed by atoms with Crippen LogP contribution in [0.3, 0.4) is 0 Å². The normalized spacial score (nSPS) is 24.1. The second kappa shape index (κ2) is 5.50. The lowest BCUT2D eigenvalue weighted by molar-refractivity contribution is 0.597. The van der Waals surface area contributed by atoms with Crippen molar-refractivity contribution in [2.75, 3.05) is 16.8 Å². The Balaban J connectivity index is 1.99. The molecule has 1 aromatic rings. The maximum Gasteiger partial charge on any atom is 0.213 e. The smallest absolute Gasteiger partial charge is 0.213 e. The molecule has 1 fully saturated rings. The molecule has 18 heavy (non-hydrogen) atoms. The lowest BCUT2D eigenvalue weighted by atomic mass is 10.1. The van der Waals surface area contributed by atoms with E-state index in [0.717, 1.165) is 17.0 Å². The molecule has 4 nitrogen and oxygen atoms in total. The molecule has 2 atom stereocenters. The average Bonchev–Trinajstić information content (AvgIpc) is 2.65. The molecule has 1 aliphatic heterocycles. The van der Waals surface area contributed by atoms with Crippen molar-refractivity contribution in [2.45, 2.75) is 18.7 Å². The molecule has 6 heteroatoms. The van der Waals surface area contributed by atoms with Crippen LogP contribution in [0.2, 0.25) is 0 Å². The predicted molar refractivity (Wildman–Crippen MR) is 77.2 cm³/mol. The van der Waals surface area contributed by atoms with Gasteiger partial charge in [-0.2, -0.15) is 11.8 Å². The molecular weight excluding hydrogens is 268 g/mol. The molecule has 1 aromatic carbocycles. The van der Waals surface area contributed by atoms with Crippen LogP contribution < -0.4 is 10.5 Å². The standard InChI is InChI=1S/C12H18N2O2S2/c1-9-6-17-7-12(9)14-11-4-2-10(3-5-11)8-18(13,15)16/h2-5,9,12,14H,6-8H2,1H3,(H2,13,15,16). The number of sulfonamides is 1. The molecule has 1 saturated heterocycles. The average molecular weight is 286 g/mol. The van der Waals surface area contributed by atoms with Crippen molar-refractivity contribution >= 4 is 27.5 Å². The lowest BCUT2D eigenvalue weighted by Crippen LogP contribution is -2.25. The highest BCUT2D eigenvalue weighted by molar-refractivity contribution is 7.99. The second-order valence-corrected chi connectivity index (χ2v) is 7.46. The van der Waals surface area contributed by atoms with Gasteiger partial charge in [-0.05, 0) is 29.4 Å². The molecule has 0 bridgehead atoms. The highest BCUT2D eigenvalue weighted by Crippen LogP contribution is 2.26. The number of benzene rings is 1. The molecule has 1 heterocycles. The van der Waals surface area contributed by atoms with Gasteiger partial charge in [-0.25, -0.2) is 13.6 Å². The van der Waals surface area contributed by atoms with Crippen LogP contribution in [0.4, 0.5) is 5.69 Å². The molecule has 0 aromatic heterocycles. The van der Waals surface area contributed by atoms with Gasteiger partial charge in [0.05, 0.1) is 5.75 Å². The summed E-state index contributed by atoms with van der Waals surface area (Å²) >= 11 is 1.96. The minimum Gasteiger partial charge on any atom is -0.381 e. The molecule has 100 valence electrons. The topological polar surface area (TPSA) is 72.2 Å². The summed E-state index contributed by atoms with van der Waals surface area (Å²) in [4.78, 5) is 0. The predicted octanol–water partition coefficient (Wildman–Crippen LogP) is 1.64. The second-order valence-electron chi connectivity index (χ2n) is 4.77. The fourth-order valence-corrected chi connectivity index (χ4v) is 4.05. The number of hydrogen-bond donors (Lipinski definition) is 2. The Morgan fingerprint density at radius 1 is 1.33 bits per heavy atom. The van der Waals surface area contributed by atoms with E-state index in [9.17, 15) is 8.42 Å². The van der Waals surface area contributed by atoms with Gasteiger partial charge in [0.25, 0.3) is 0 Å². The van der Waals surface area contributed by atoms with E-state index in [0.29, 0.717) is 12.0 Å². The molecule has 0 aliphatic carbocycles. The maximum absolute atomic E-state index is 11.0. The van der Waals surface area contributed by atoms with Crippen molar-refractivity contribution in [2.24, 2.45) is 11.1 Å². The molecule has 0 saturated carbocycles. The van der Waals surface area contributed by atoms with E-state index in [2.05, 4.69) is 12.2 Å². The summed E-state index contributed by atoms with van der Waals surface area (Å²) < 4.78 is 21.9. The van der Waals surface area contributed by atoms with Crippen LogP contribution in [0.15, 0.2) is 24.3 Å². The molecule has 0 radical (unpaired) electrons. The van der Waals surface area contributed by atoms with Crippen molar-refractivity contribution in [1.29, 1.82) is 0 Å². The van der Waals surface area contributed by atoms with Gasteiger partial charge in [0, 0.05) is 17.5 Å². The van der Waals surface area contributed by atoms with Crippen LogP contribution in [0.25, 0.3) is 0 Å². The number of primary sulfonamides is 1. The number of thioether (sulfide) groups is 1. The fourth-order valence-electron chi connectivity index (χ4n) is 1.99. The number of nitrogens with two attached hydrogens (primary N) is 1. The van der Waals surface area contributed by atoms with Gasteiger partial charge in [-0.1, -0.05) is 19.1 Å². The Bertz CT molecular complexity index is 499. The summed E-state index contributed by atoms with van der Waals surface area (Å²) in [6, 6.07) is 7.94. The third-order valence-electron chi connectivity index (χ3n) is 3.04. The monoisotopic (exact) mass is 286 g/mol. The molecule has 0 spiro atoms. The SMILES string of the molecule is CC1CSCC1Nc1ccc(CS(N)(=O)=O)cc1. The van der Waals surface area contributed by atoms with Gasteiger partial charge >= 0.3 is 0 Å². The number of nitrogens with one attached hydrogen (secondary N) is 1. The lowest BCUT2D eigenvalue weighted by Gasteiger charge is -2.17. The van der Waals surface area contributed by atoms with Gasteiger partial charge in [0.2, 0.25) is 10.0 Å². The van der Waals surface area contributed by atoms with Crippen molar-refractivity contribution < 1.29 is 8.42 Å². The zero-order chi connectivity index (χ0) is 13.2. The fraction of sp³-hybridized carbons (Fsp3) is 0.500. The number of rotatable bonds is 4. The van der Waals surface area contributed by atoms with E-state index < -0.39 is 10.0 Å². The summed E-state index contributed by atoms with van der Waals surface area (Å²) in [5.41, 5.74) is 1.75. The van der Waals surface area contributed by atoms with Crippen LogP contribution in [0.5, 0.6) is 0 Å². The summed E-state index contributed by atoms with van der Waals surface area (Å²) in [5.74, 6) is 2.88. The first-order valence-corrected chi connectivity index (χ1v) is 8.75. The highest BCUT2D eigenvalue weighted by Gasteiger charge is 2.23. The minimum absolute atomic E-state index is 0.108. The van der Waals surface area contributed by atoms with Gasteiger partial charge in [0.15, 0.2) is 0 Å². The van der Waals surface area contributed by atoms with E-state index in [1.807, 2.05) is 23.9 Å². The Hall–Kier alpha value is -0.720. The largest absolute Gasteiger partial charge is 0.381 e. The van der Waals surface area contributed by atoms with Crippen molar-refractivity contribution in [3.8, 4) is 0 Å². The van der Waals surface area contributed by atoms with E-state index in [1.54, 1.807) is 12.1 Å². The van der Waals surface area contributed by atoms with Crippen LogP contribution >= 0.6 is 11.8 Å². The molecule has 0 amide bonds. The Morgan fingerprint density at radius 3 is 2.50 bits per heavy atom.